The molecule has 72 valence electrons. The first-order valence-electron chi connectivity index (χ1n) is 5.23. The van der Waals surface area contributed by atoms with Crippen molar-refractivity contribution >= 4 is 0 Å². The summed E-state index contributed by atoms with van der Waals surface area (Å²) in [5.74, 6) is 2.27. The summed E-state index contributed by atoms with van der Waals surface area (Å²) in [6.45, 7) is 9.18. The van der Waals surface area contributed by atoms with Crippen LogP contribution in [0, 0.1) is 17.8 Å². The summed E-state index contributed by atoms with van der Waals surface area (Å²) in [6, 6.07) is 0. The standard InChI is InChI=1S/C11H23N/c1-8(2)11(12)6-9(3)5-10(4)7-11/h8-10H,5-7,12H2,1-4H3. The zero-order chi connectivity index (χ0) is 9.35. The largest absolute Gasteiger partial charge is 0.325 e. The topological polar surface area (TPSA) is 26.0 Å². The van der Waals surface area contributed by atoms with E-state index < -0.39 is 0 Å². The van der Waals surface area contributed by atoms with Gasteiger partial charge in [0.25, 0.3) is 0 Å². The Hall–Kier alpha value is -0.0400. The van der Waals surface area contributed by atoms with Gasteiger partial charge in [0, 0.05) is 5.54 Å². The summed E-state index contributed by atoms with van der Waals surface area (Å²) in [7, 11) is 0. The summed E-state index contributed by atoms with van der Waals surface area (Å²) < 4.78 is 0. The van der Waals surface area contributed by atoms with Crippen molar-refractivity contribution in [3.05, 3.63) is 0 Å². The molecule has 1 aliphatic carbocycles. The summed E-state index contributed by atoms with van der Waals surface area (Å²) in [5, 5.41) is 0. The van der Waals surface area contributed by atoms with Crippen molar-refractivity contribution in [2.24, 2.45) is 23.5 Å². The molecule has 0 aromatic heterocycles. The molecule has 1 aliphatic rings. The lowest BCUT2D eigenvalue weighted by Gasteiger charge is -2.43. The zero-order valence-electron chi connectivity index (χ0n) is 8.93. The second-order valence-electron chi connectivity index (χ2n) is 5.24. The highest BCUT2D eigenvalue weighted by Gasteiger charge is 2.36. The van der Waals surface area contributed by atoms with Gasteiger partial charge in [-0.05, 0) is 37.0 Å². The lowest BCUT2D eigenvalue weighted by molar-refractivity contribution is 0.138. The summed E-state index contributed by atoms with van der Waals surface area (Å²) in [5.41, 5.74) is 6.50. The van der Waals surface area contributed by atoms with E-state index >= 15 is 0 Å². The van der Waals surface area contributed by atoms with Crippen molar-refractivity contribution in [2.75, 3.05) is 0 Å². The summed E-state index contributed by atoms with van der Waals surface area (Å²) in [6.07, 6.45) is 3.80. The fourth-order valence-corrected chi connectivity index (χ4v) is 2.71. The molecule has 1 heteroatoms. The first-order chi connectivity index (χ1) is 5.44. The van der Waals surface area contributed by atoms with Crippen LogP contribution < -0.4 is 5.73 Å². The van der Waals surface area contributed by atoms with E-state index in [9.17, 15) is 0 Å². The third-order valence-electron chi connectivity index (χ3n) is 3.41. The van der Waals surface area contributed by atoms with E-state index in [-0.39, 0.29) is 5.54 Å². The highest BCUT2D eigenvalue weighted by molar-refractivity contribution is 4.94. The molecule has 0 aliphatic heterocycles. The number of hydrogen-bond donors (Lipinski definition) is 1. The minimum Gasteiger partial charge on any atom is -0.325 e. The molecule has 0 amide bonds. The van der Waals surface area contributed by atoms with E-state index in [4.69, 9.17) is 5.73 Å². The van der Waals surface area contributed by atoms with E-state index in [0.717, 1.165) is 11.8 Å². The van der Waals surface area contributed by atoms with Crippen LogP contribution in [0.1, 0.15) is 47.0 Å². The molecule has 0 saturated heterocycles. The lowest BCUT2D eigenvalue weighted by atomic mass is 9.67. The van der Waals surface area contributed by atoms with Crippen LogP contribution in [0.15, 0.2) is 0 Å². The van der Waals surface area contributed by atoms with Gasteiger partial charge in [0.15, 0.2) is 0 Å². The van der Waals surface area contributed by atoms with Crippen LogP contribution in [-0.4, -0.2) is 5.54 Å². The van der Waals surface area contributed by atoms with Crippen molar-refractivity contribution in [3.63, 3.8) is 0 Å². The number of rotatable bonds is 1. The summed E-state index contributed by atoms with van der Waals surface area (Å²) in [4.78, 5) is 0. The Kier molecular flexibility index (Phi) is 2.82. The smallest absolute Gasteiger partial charge is 0.0182 e. The molecule has 1 fully saturated rings. The first-order valence-corrected chi connectivity index (χ1v) is 5.23. The average molecular weight is 169 g/mol. The molecule has 2 unspecified atom stereocenters. The van der Waals surface area contributed by atoms with Crippen molar-refractivity contribution in [2.45, 2.75) is 52.5 Å². The van der Waals surface area contributed by atoms with Gasteiger partial charge in [-0.15, -0.1) is 0 Å². The molecule has 1 rings (SSSR count). The van der Waals surface area contributed by atoms with Crippen LogP contribution in [0.5, 0.6) is 0 Å². The average Bonchev–Trinajstić information content (AvgIpc) is 1.82. The van der Waals surface area contributed by atoms with E-state index in [0.29, 0.717) is 5.92 Å². The molecule has 0 spiro atoms. The SMILES string of the molecule is CC1CC(C)CC(N)(C(C)C)C1. The second kappa shape index (κ2) is 3.37. The highest BCUT2D eigenvalue weighted by atomic mass is 14.8. The van der Waals surface area contributed by atoms with Gasteiger partial charge in [-0.1, -0.05) is 27.7 Å². The predicted octanol–water partition coefficient (Wildman–Crippen LogP) is 2.80. The molecule has 0 radical (unpaired) electrons. The van der Waals surface area contributed by atoms with Crippen LogP contribution >= 0.6 is 0 Å². The molecule has 2 atom stereocenters. The van der Waals surface area contributed by atoms with E-state index in [2.05, 4.69) is 27.7 Å². The maximum atomic E-state index is 6.38. The van der Waals surface area contributed by atoms with Gasteiger partial charge in [0.05, 0.1) is 0 Å². The zero-order valence-corrected chi connectivity index (χ0v) is 8.93. The van der Waals surface area contributed by atoms with Crippen molar-refractivity contribution < 1.29 is 0 Å². The summed E-state index contributed by atoms with van der Waals surface area (Å²) >= 11 is 0. The maximum Gasteiger partial charge on any atom is 0.0182 e. The van der Waals surface area contributed by atoms with Crippen molar-refractivity contribution in [3.8, 4) is 0 Å². The number of nitrogens with two attached hydrogens (primary N) is 1. The van der Waals surface area contributed by atoms with Crippen LogP contribution in [0.4, 0.5) is 0 Å². The molecule has 1 nitrogen and oxygen atoms in total. The Balaban J connectivity index is 2.65. The predicted molar refractivity (Wildman–Crippen MR) is 53.9 cm³/mol. The molecule has 0 heterocycles. The van der Waals surface area contributed by atoms with Gasteiger partial charge < -0.3 is 5.73 Å². The maximum absolute atomic E-state index is 6.38. The Labute approximate surface area is 76.7 Å². The monoisotopic (exact) mass is 169 g/mol. The van der Waals surface area contributed by atoms with Crippen LogP contribution in [0.25, 0.3) is 0 Å². The second-order valence-corrected chi connectivity index (χ2v) is 5.24. The molecule has 0 bridgehead atoms. The minimum absolute atomic E-state index is 0.122. The van der Waals surface area contributed by atoms with Crippen LogP contribution in [-0.2, 0) is 0 Å². The van der Waals surface area contributed by atoms with Gasteiger partial charge in [0.1, 0.15) is 0 Å². The molecule has 0 aromatic rings. The van der Waals surface area contributed by atoms with Crippen molar-refractivity contribution in [1.29, 1.82) is 0 Å². The Morgan fingerprint density at radius 1 is 1.17 bits per heavy atom. The molecule has 1 saturated carbocycles. The van der Waals surface area contributed by atoms with E-state index in [1.807, 2.05) is 0 Å². The van der Waals surface area contributed by atoms with Gasteiger partial charge in [-0.2, -0.15) is 0 Å². The van der Waals surface area contributed by atoms with Crippen LogP contribution in [0.2, 0.25) is 0 Å². The van der Waals surface area contributed by atoms with E-state index in [1.165, 1.54) is 19.3 Å². The molecule has 0 aromatic carbocycles. The number of hydrogen-bond acceptors (Lipinski definition) is 1. The fraction of sp³-hybridized carbons (Fsp3) is 1.00. The molecule has 12 heavy (non-hydrogen) atoms. The molecular formula is C11H23N. The Bertz CT molecular complexity index is 141. The third-order valence-corrected chi connectivity index (χ3v) is 3.41. The molecule has 2 N–H and O–H groups in total. The van der Waals surface area contributed by atoms with Crippen molar-refractivity contribution in [1.82, 2.24) is 0 Å². The quantitative estimate of drug-likeness (QED) is 0.642. The van der Waals surface area contributed by atoms with Crippen LogP contribution in [0.3, 0.4) is 0 Å². The lowest BCUT2D eigenvalue weighted by Crippen LogP contribution is -2.50. The highest BCUT2D eigenvalue weighted by Crippen LogP contribution is 2.38. The van der Waals surface area contributed by atoms with E-state index in [1.54, 1.807) is 0 Å². The fourth-order valence-electron chi connectivity index (χ4n) is 2.71. The van der Waals surface area contributed by atoms with Gasteiger partial charge in [-0.3, -0.25) is 0 Å². The Morgan fingerprint density at radius 3 is 1.92 bits per heavy atom. The Morgan fingerprint density at radius 2 is 1.58 bits per heavy atom. The van der Waals surface area contributed by atoms with Gasteiger partial charge >= 0.3 is 0 Å². The van der Waals surface area contributed by atoms with Gasteiger partial charge in [0.2, 0.25) is 0 Å². The molecular weight excluding hydrogens is 146 g/mol. The first kappa shape index (κ1) is 10.0. The third kappa shape index (κ3) is 2.01. The van der Waals surface area contributed by atoms with Gasteiger partial charge in [-0.25, -0.2) is 0 Å². The normalized spacial score (nSPS) is 43.5. The minimum atomic E-state index is 0.122.